The lowest BCUT2D eigenvalue weighted by atomic mass is 9.95. The topological polar surface area (TPSA) is 101 Å². The van der Waals surface area contributed by atoms with Gasteiger partial charge in [0.15, 0.2) is 0 Å². The predicted molar refractivity (Wildman–Crippen MR) is 135 cm³/mol. The number of benzene rings is 2. The summed E-state index contributed by atoms with van der Waals surface area (Å²) >= 11 is 0. The Hall–Kier alpha value is -3.13. The number of aliphatic imine (C=N–C) groups is 1. The van der Waals surface area contributed by atoms with Gasteiger partial charge in [-0.1, -0.05) is 20.3 Å². The van der Waals surface area contributed by atoms with Gasteiger partial charge in [-0.3, -0.25) is 14.5 Å². The van der Waals surface area contributed by atoms with Crippen LogP contribution in [0.5, 0.6) is 0 Å². The van der Waals surface area contributed by atoms with E-state index in [2.05, 4.69) is 41.9 Å². The third-order valence-corrected chi connectivity index (χ3v) is 7.49. The highest BCUT2D eigenvalue weighted by atomic mass is 32.2. The first-order valence-electron chi connectivity index (χ1n) is 11.7. The Kier molecular flexibility index (Phi) is 7.07. The maximum absolute atomic E-state index is 12.7. The molecule has 180 valence electrons. The van der Waals surface area contributed by atoms with Gasteiger partial charge in [0.05, 0.1) is 17.6 Å². The summed E-state index contributed by atoms with van der Waals surface area (Å²) in [5, 5.41) is 3.79. The lowest BCUT2D eigenvalue weighted by Gasteiger charge is -2.11. The van der Waals surface area contributed by atoms with Crippen LogP contribution >= 0.6 is 0 Å². The predicted octanol–water partition coefficient (Wildman–Crippen LogP) is 5.30. The van der Waals surface area contributed by atoms with Gasteiger partial charge in [0.25, 0.3) is 10.0 Å². The lowest BCUT2D eigenvalue weighted by Crippen LogP contribution is -2.30. The summed E-state index contributed by atoms with van der Waals surface area (Å²) in [7, 11) is -3.71. The average Bonchev–Trinajstić information content (AvgIpc) is 2.98. The van der Waals surface area contributed by atoms with Crippen molar-refractivity contribution in [3.8, 4) is 0 Å². The highest BCUT2D eigenvalue weighted by Crippen LogP contribution is 2.29. The van der Waals surface area contributed by atoms with Crippen LogP contribution in [0.25, 0.3) is 11.0 Å². The Bertz CT molecular complexity index is 1320. The molecule has 2 heterocycles. The van der Waals surface area contributed by atoms with Gasteiger partial charge in [0.1, 0.15) is 11.4 Å². The smallest absolute Gasteiger partial charge is 0.262 e. The standard InChI is InChI=1S/C26H31N3O4S/c1-17(2)22-15-23-19(16-33-24(23)13-18(22)3)14-26(30)28-20-8-10-21(11-9-20)34(31,32)29-25-7-5-4-6-12-27-25/h8-11,13,15-17H,4-7,12,14H2,1-3H3,(H,27,29)(H,28,30). The van der Waals surface area contributed by atoms with Crippen LogP contribution in [0.2, 0.25) is 0 Å². The molecule has 0 saturated carbocycles. The van der Waals surface area contributed by atoms with Gasteiger partial charge in [-0.15, -0.1) is 0 Å². The zero-order valence-electron chi connectivity index (χ0n) is 19.8. The number of amides is 1. The van der Waals surface area contributed by atoms with Gasteiger partial charge in [0, 0.05) is 29.6 Å². The van der Waals surface area contributed by atoms with Crippen LogP contribution in [0.1, 0.15) is 62.1 Å². The van der Waals surface area contributed by atoms with E-state index in [-0.39, 0.29) is 17.2 Å². The molecule has 0 spiro atoms. The molecule has 1 aromatic heterocycles. The van der Waals surface area contributed by atoms with Crippen molar-refractivity contribution in [1.29, 1.82) is 0 Å². The van der Waals surface area contributed by atoms with Crippen LogP contribution < -0.4 is 10.0 Å². The first-order valence-corrected chi connectivity index (χ1v) is 13.2. The summed E-state index contributed by atoms with van der Waals surface area (Å²) in [5.74, 6) is 0.689. The molecule has 1 aliphatic rings. The van der Waals surface area contributed by atoms with Crippen molar-refractivity contribution in [3.63, 3.8) is 0 Å². The molecule has 0 saturated heterocycles. The number of nitrogens with one attached hydrogen (secondary N) is 2. The number of anilines is 1. The van der Waals surface area contributed by atoms with Crippen LogP contribution in [0.4, 0.5) is 5.69 Å². The number of fused-ring (bicyclic) bond motifs is 1. The summed E-state index contributed by atoms with van der Waals surface area (Å²) < 4.78 is 33.7. The molecule has 0 radical (unpaired) electrons. The monoisotopic (exact) mass is 481 g/mol. The fourth-order valence-corrected chi connectivity index (χ4v) is 5.36. The van der Waals surface area contributed by atoms with Gasteiger partial charge in [0.2, 0.25) is 5.91 Å². The molecule has 3 aromatic rings. The average molecular weight is 482 g/mol. The van der Waals surface area contributed by atoms with Crippen molar-refractivity contribution in [2.75, 3.05) is 11.9 Å². The van der Waals surface area contributed by atoms with Crippen LogP contribution in [-0.2, 0) is 21.2 Å². The number of amidine groups is 1. The summed E-state index contributed by atoms with van der Waals surface area (Å²) in [6, 6.07) is 10.3. The maximum Gasteiger partial charge on any atom is 0.262 e. The van der Waals surface area contributed by atoms with Crippen molar-refractivity contribution in [3.05, 3.63) is 59.4 Å². The number of hydrogen-bond acceptors (Lipinski definition) is 5. The first-order chi connectivity index (χ1) is 16.2. The van der Waals surface area contributed by atoms with E-state index in [0.29, 0.717) is 30.4 Å². The van der Waals surface area contributed by atoms with Crippen molar-refractivity contribution in [2.45, 2.75) is 63.7 Å². The molecule has 1 aliphatic heterocycles. The summed E-state index contributed by atoms with van der Waals surface area (Å²) in [5.41, 5.74) is 4.52. The number of aryl methyl sites for hydroxylation is 1. The number of nitrogens with zero attached hydrogens (tertiary/aromatic N) is 1. The normalized spacial score (nSPS) is 14.6. The van der Waals surface area contributed by atoms with Gasteiger partial charge in [-0.2, -0.15) is 0 Å². The molecule has 7 nitrogen and oxygen atoms in total. The third kappa shape index (κ3) is 5.50. The minimum Gasteiger partial charge on any atom is -0.464 e. The highest BCUT2D eigenvalue weighted by molar-refractivity contribution is 7.90. The van der Waals surface area contributed by atoms with E-state index in [9.17, 15) is 13.2 Å². The first kappa shape index (κ1) is 24.0. The molecule has 2 N–H and O–H groups in total. The fourth-order valence-electron chi connectivity index (χ4n) is 4.27. The Morgan fingerprint density at radius 3 is 2.62 bits per heavy atom. The molecule has 0 bridgehead atoms. The Balaban J connectivity index is 1.43. The van der Waals surface area contributed by atoms with E-state index in [1.54, 1.807) is 18.4 Å². The van der Waals surface area contributed by atoms with Gasteiger partial charge in [-0.05, 0) is 73.2 Å². The highest BCUT2D eigenvalue weighted by Gasteiger charge is 2.18. The molecule has 0 unspecified atom stereocenters. The number of hydrogen-bond donors (Lipinski definition) is 2. The van der Waals surface area contributed by atoms with E-state index in [4.69, 9.17) is 4.42 Å². The van der Waals surface area contributed by atoms with Crippen molar-refractivity contribution in [1.82, 2.24) is 4.72 Å². The zero-order valence-corrected chi connectivity index (χ0v) is 20.7. The van der Waals surface area contributed by atoms with Gasteiger partial charge in [-0.25, -0.2) is 8.42 Å². The third-order valence-electron chi connectivity index (χ3n) is 6.09. The van der Waals surface area contributed by atoms with Crippen molar-refractivity contribution < 1.29 is 17.6 Å². The van der Waals surface area contributed by atoms with Gasteiger partial charge >= 0.3 is 0 Å². The SMILES string of the molecule is Cc1cc2occ(CC(=O)Nc3ccc(S(=O)(=O)NC4=NCCCCC4)cc3)c2cc1C(C)C. The molecule has 0 aliphatic carbocycles. The zero-order chi connectivity index (χ0) is 24.3. The number of carbonyl (C=O) groups is 1. The minimum atomic E-state index is -3.71. The number of rotatable bonds is 6. The Morgan fingerprint density at radius 1 is 1.12 bits per heavy atom. The molecular weight excluding hydrogens is 450 g/mol. The van der Waals surface area contributed by atoms with Crippen LogP contribution in [-0.4, -0.2) is 26.7 Å². The van der Waals surface area contributed by atoms with Crippen LogP contribution in [0.3, 0.4) is 0 Å². The molecule has 8 heteroatoms. The Labute approximate surface area is 200 Å². The summed E-state index contributed by atoms with van der Waals surface area (Å²) in [4.78, 5) is 17.2. The quantitative estimate of drug-likeness (QED) is 0.499. The van der Waals surface area contributed by atoms with Crippen LogP contribution in [0, 0.1) is 6.92 Å². The maximum atomic E-state index is 12.7. The molecule has 34 heavy (non-hydrogen) atoms. The van der Waals surface area contributed by atoms with E-state index in [1.165, 1.54) is 23.3 Å². The number of sulfonamides is 1. The van der Waals surface area contributed by atoms with Crippen molar-refractivity contribution >= 4 is 38.4 Å². The summed E-state index contributed by atoms with van der Waals surface area (Å²) in [6.45, 7) is 6.99. The second-order valence-corrected chi connectivity index (χ2v) is 10.8. The van der Waals surface area contributed by atoms with E-state index >= 15 is 0 Å². The molecule has 1 amide bonds. The van der Waals surface area contributed by atoms with Gasteiger partial charge < -0.3 is 9.73 Å². The molecule has 2 aromatic carbocycles. The Morgan fingerprint density at radius 2 is 1.88 bits per heavy atom. The minimum absolute atomic E-state index is 0.134. The largest absolute Gasteiger partial charge is 0.464 e. The van der Waals surface area contributed by atoms with E-state index in [1.807, 2.05) is 6.07 Å². The summed E-state index contributed by atoms with van der Waals surface area (Å²) in [6.07, 6.45) is 5.38. The fraction of sp³-hybridized carbons (Fsp3) is 0.385. The number of carbonyl (C=O) groups excluding carboxylic acids is 1. The van der Waals surface area contributed by atoms with E-state index in [0.717, 1.165) is 35.8 Å². The second-order valence-electron chi connectivity index (χ2n) is 9.11. The lowest BCUT2D eigenvalue weighted by molar-refractivity contribution is -0.115. The second kappa shape index (κ2) is 10.0. The van der Waals surface area contributed by atoms with Crippen molar-refractivity contribution in [2.24, 2.45) is 4.99 Å². The van der Waals surface area contributed by atoms with E-state index < -0.39 is 10.0 Å². The molecule has 4 rings (SSSR count). The van der Waals surface area contributed by atoms with Crippen LogP contribution in [0.15, 0.2) is 57.0 Å². The number of furan rings is 1. The molecular formula is C26H31N3O4S. The molecule has 0 fully saturated rings. The molecule has 0 atom stereocenters.